The number of rotatable bonds is 7. The molecular weight excluding hydrogens is 426 g/mol. The van der Waals surface area contributed by atoms with E-state index in [0.717, 1.165) is 25.3 Å². The van der Waals surface area contributed by atoms with Gasteiger partial charge in [-0.1, -0.05) is 12.8 Å². The maximum absolute atomic E-state index is 9.55. The molecule has 0 bridgehead atoms. The van der Waals surface area contributed by atoms with Crippen LogP contribution in [0.4, 0.5) is 0 Å². The van der Waals surface area contributed by atoms with Crippen molar-refractivity contribution in [1.82, 2.24) is 15.3 Å². The summed E-state index contributed by atoms with van der Waals surface area (Å²) in [6, 6.07) is 0.702. The molecule has 6 N–H and O–H groups in total. The van der Waals surface area contributed by atoms with E-state index >= 15 is 0 Å². The minimum Gasteiger partial charge on any atom is -0.478 e. The molecule has 1 aromatic heterocycles. The van der Waals surface area contributed by atoms with E-state index in [4.69, 9.17) is 25.2 Å². The number of nitrogens with one attached hydrogen (secondary N) is 2. The van der Waals surface area contributed by atoms with Gasteiger partial charge in [-0.3, -0.25) is 0 Å². The molecule has 0 radical (unpaired) electrons. The van der Waals surface area contributed by atoms with Crippen LogP contribution in [0.25, 0.3) is 0 Å². The first kappa shape index (κ1) is 26.5. The van der Waals surface area contributed by atoms with Crippen molar-refractivity contribution in [3.05, 3.63) is 42.0 Å². The van der Waals surface area contributed by atoms with Gasteiger partial charge in [-0.15, -0.1) is 0 Å². The van der Waals surface area contributed by atoms with Crippen molar-refractivity contribution >= 4 is 23.9 Å². The van der Waals surface area contributed by atoms with E-state index in [0.29, 0.717) is 30.3 Å². The first-order chi connectivity index (χ1) is 15.2. The van der Waals surface area contributed by atoms with Gasteiger partial charge in [-0.05, 0) is 12.8 Å². The number of aliphatic carboxylic acids is 4. The Morgan fingerprint density at radius 1 is 0.969 bits per heavy atom. The smallest absolute Gasteiger partial charge is 0.328 e. The van der Waals surface area contributed by atoms with E-state index in [1.807, 2.05) is 0 Å². The van der Waals surface area contributed by atoms with Crippen molar-refractivity contribution < 1.29 is 44.3 Å². The predicted molar refractivity (Wildman–Crippen MR) is 110 cm³/mol. The maximum Gasteiger partial charge on any atom is 0.328 e. The van der Waals surface area contributed by atoms with Crippen molar-refractivity contribution in [3.63, 3.8) is 0 Å². The lowest BCUT2D eigenvalue weighted by atomic mass is 10.1. The number of carboxylic acid groups (broad SMARTS) is 4. The number of hydrogen-bond acceptors (Lipinski definition) is 7. The highest BCUT2D eigenvalue weighted by atomic mass is 16.5. The average molecular weight is 453 g/mol. The second-order valence-electron chi connectivity index (χ2n) is 6.79. The molecule has 0 amide bonds. The second kappa shape index (κ2) is 14.5. The molecule has 32 heavy (non-hydrogen) atoms. The van der Waals surface area contributed by atoms with Crippen molar-refractivity contribution in [3.8, 4) is 0 Å². The zero-order chi connectivity index (χ0) is 23.9. The lowest BCUT2D eigenvalue weighted by molar-refractivity contribution is -0.134. The standard InChI is InChI=1S/C12H19N3O.2C4H4O4/c1-2-4-9(3-1)13-7-11-12-10(5-6-16-11)14-8-15-12;2*5-3(6)1-2-4(7)8/h8-9,11,13H,1-7H2,(H,14,15);2*1-2H,(H,5,6)(H,7,8)/b;2*2-1+. The molecule has 12 nitrogen and oxygen atoms in total. The van der Waals surface area contributed by atoms with E-state index in [1.165, 1.54) is 31.4 Å². The van der Waals surface area contributed by atoms with E-state index < -0.39 is 23.9 Å². The Hall–Kier alpha value is -3.51. The summed E-state index contributed by atoms with van der Waals surface area (Å²) in [5, 5.41) is 34.9. The highest BCUT2D eigenvalue weighted by molar-refractivity contribution is 5.90. The lowest BCUT2D eigenvalue weighted by Crippen LogP contribution is -2.33. The molecule has 1 unspecified atom stereocenters. The van der Waals surface area contributed by atoms with Crippen LogP contribution in [0.2, 0.25) is 0 Å². The number of carbonyl (C=O) groups is 4. The van der Waals surface area contributed by atoms with Crippen molar-refractivity contribution in [2.75, 3.05) is 13.2 Å². The number of carboxylic acids is 4. The largest absolute Gasteiger partial charge is 0.478 e. The summed E-state index contributed by atoms with van der Waals surface area (Å²) < 4.78 is 5.78. The number of H-pyrrole nitrogens is 1. The van der Waals surface area contributed by atoms with E-state index in [-0.39, 0.29) is 6.10 Å². The minimum absolute atomic E-state index is 0.149. The highest BCUT2D eigenvalue weighted by Gasteiger charge is 2.24. The Balaban J connectivity index is 0.000000273. The van der Waals surface area contributed by atoms with Gasteiger partial charge in [0.15, 0.2) is 0 Å². The predicted octanol–water partition coefficient (Wildman–Crippen LogP) is 0.979. The number of fused-ring (bicyclic) bond motifs is 1. The summed E-state index contributed by atoms with van der Waals surface area (Å²) in [5.74, 6) is -5.03. The Bertz CT molecular complexity index is 760. The third-order valence-corrected chi connectivity index (χ3v) is 4.41. The molecule has 0 spiro atoms. The van der Waals surface area contributed by atoms with Gasteiger partial charge in [-0.25, -0.2) is 24.2 Å². The number of imidazole rings is 1. The fourth-order valence-electron chi connectivity index (χ4n) is 3.04. The second-order valence-corrected chi connectivity index (χ2v) is 6.79. The van der Waals surface area contributed by atoms with Gasteiger partial charge >= 0.3 is 23.9 Å². The summed E-state index contributed by atoms with van der Waals surface area (Å²) in [6.45, 7) is 1.72. The van der Waals surface area contributed by atoms with Crippen LogP contribution in [0, 0.1) is 0 Å². The van der Waals surface area contributed by atoms with E-state index in [9.17, 15) is 19.2 Å². The maximum atomic E-state index is 9.55. The molecule has 2 heterocycles. The fourth-order valence-corrected chi connectivity index (χ4v) is 3.04. The van der Waals surface area contributed by atoms with Gasteiger partial charge < -0.3 is 35.5 Å². The molecule has 1 aliphatic heterocycles. The Kier molecular flexibility index (Phi) is 12.0. The Morgan fingerprint density at radius 2 is 1.47 bits per heavy atom. The number of aromatic nitrogens is 2. The fraction of sp³-hybridized carbons (Fsp3) is 0.450. The van der Waals surface area contributed by atoms with Gasteiger partial charge in [0, 0.05) is 49.0 Å². The molecule has 2 aliphatic rings. The van der Waals surface area contributed by atoms with Crippen LogP contribution in [0.1, 0.15) is 43.2 Å². The molecule has 3 rings (SSSR count). The Morgan fingerprint density at radius 3 is 1.94 bits per heavy atom. The monoisotopic (exact) mass is 453 g/mol. The van der Waals surface area contributed by atoms with Crippen LogP contribution in [-0.4, -0.2) is 73.5 Å². The van der Waals surface area contributed by atoms with Crippen molar-refractivity contribution in [1.29, 1.82) is 0 Å². The van der Waals surface area contributed by atoms with Gasteiger partial charge in [-0.2, -0.15) is 0 Å². The molecule has 12 heteroatoms. The van der Waals surface area contributed by atoms with Crippen LogP contribution in [0.3, 0.4) is 0 Å². The molecule has 1 fully saturated rings. The van der Waals surface area contributed by atoms with Crippen molar-refractivity contribution in [2.45, 2.75) is 44.2 Å². The number of aromatic amines is 1. The van der Waals surface area contributed by atoms with Crippen LogP contribution >= 0.6 is 0 Å². The van der Waals surface area contributed by atoms with E-state index in [2.05, 4.69) is 15.3 Å². The first-order valence-corrected chi connectivity index (χ1v) is 9.84. The normalized spacial score (nSPS) is 17.7. The van der Waals surface area contributed by atoms with Gasteiger partial charge in [0.25, 0.3) is 0 Å². The zero-order valence-corrected chi connectivity index (χ0v) is 17.3. The topological polar surface area (TPSA) is 199 Å². The quantitative estimate of drug-likeness (QED) is 0.321. The third-order valence-electron chi connectivity index (χ3n) is 4.41. The molecule has 1 atom stereocenters. The summed E-state index contributed by atoms with van der Waals surface area (Å²) >= 11 is 0. The third kappa shape index (κ3) is 11.6. The van der Waals surface area contributed by atoms with Gasteiger partial charge in [0.2, 0.25) is 0 Å². The van der Waals surface area contributed by atoms with E-state index in [1.54, 1.807) is 6.33 Å². The van der Waals surface area contributed by atoms with Crippen LogP contribution in [0.15, 0.2) is 30.6 Å². The molecule has 1 aromatic rings. The van der Waals surface area contributed by atoms with Crippen LogP contribution in [-0.2, 0) is 30.3 Å². The zero-order valence-electron chi connectivity index (χ0n) is 17.3. The number of hydrogen-bond donors (Lipinski definition) is 6. The first-order valence-electron chi connectivity index (χ1n) is 9.84. The molecule has 1 aliphatic carbocycles. The molecular formula is C20H27N3O9. The molecule has 0 aromatic carbocycles. The van der Waals surface area contributed by atoms with Gasteiger partial charge in [0.1, 0.15) is 6.10 Å². The van der Waals surface area contributed by atoms with Crippen LogP contribution in [0.5, 0.6) is 0 Å². The van der Waals surface area contributed by atoms with Crippen molar-refractivity contribution in [2.24, 2.45) is 0 Å². The van der Waals surface area contributed by atoms with Gasteiger partial charge in [0.05, 0.1) is 18.6 Å². The summed E-state index contributed by atoms with van der Waals surface area (Å²) in [5.41, 5.74) is 2.36. The Labute approximate surface area is 183 Å². The number of ether oxygens (including phenoxy) is 1. The molecule has 176 valence electrons. The molecule has 0 saturated heterocycles. The SMILES string of the molecule is O=C(O)/C=C/C(=O)O.O=C(O)/C=C/C(=O)O.c1nc2c([nH]1)CCOC2CNC1CCCC1. The summed E-state index contributed by atoms with van der Waals surface area (Å²) in [4.78, 5) is 45.8. The highest BCUT2D eigenvalue weighted by Crippen LogP contribution is 2.24. The number of nitrogens with zero attached hydrogens (tertiary/aromatic N) is 1. The lowest BCUT2D eigenvalue weighted by Gasteiger charge is -2.24. The average Bonchev–Trinajstić information content (AvgIpc) is 3.42. The minimum atomic E-state index is -1.26. The summed E-state index contributed by atoms with van der Waals surface area (Å²) in [7, 11) is 0. The van der Waals surface area contributed by atoms with Crippen LogP contribution < -0.4 is 5.32 Å². The summed E-state index contributed by atoms with van der Waals surface area (Å²) in [6.07, 6.45) is 10.5. The molecule has 1 saturated carbocycles.